The summed E-state index contributed by atoms with van der Waals surface area (Å²) in [5.41, 5.74) is 3.41. The summed E-state index contributed by atoms with van der Waals surface area (Å²) in [6, 6.07) is 17.2. The van der Waals surface area contributed by atoms with Crippen molar-refractivity contribution in [2.45, 2.75) is 19.4 Å². The van der Waals surface area contributed by atoms with Gasteiger partial charge in [-0.05, 0) is 60.9 Å². The van der Waals surface area contributed by atoms with Crippen molar-refractivity contribution in [2.75, 3.05) is 32.2 Å². The van der Waals surface area contributed by atoms with Crippen LogP contribution in [0.2, 0.25) is 0 Å². The topological polar surface area (TPSA) is 63.7 Å². The van der Waals surface area contributed by atoms with E-state index in [4.69, 9.17) is 9.47 Å². The summed E-state index contributed by atoms with van der Waals surface area (Å²) < 4.78 is 10.7. The van der Waals surface area contributed by atoms with Crippen LogP contribution in [-0.4, -0.2) is 38.2 Å². The van der Waals surface area contributed by atoms with Crippen molar-refractivity contribution < 1.29 is 14.3 Å². The Morgan fingerprint density at radius 2 is 1.84 bits per heavy atom. The number of carbonyl (C=O) groups is 1. The Morgan fingerprint density at radius 1 is 1.00 bits per heavy atom. The molecule has 3 aromatic rings. The first-order valence-corrected chi connectivity index (χ1v) is 10.5. The summed E-state index contributed by atoms with van der Waals surface area (Å²) >= 11 is 0. The van der Waals surface area contributed by atoms with Crippen LogP contribution in [0.5, 0.6) is 11.5 Å². The second-order valence-corrected chi connectivity index (χ2v) is 7.54. The number of aromatic nitrogens is 1. The molecule has 4 rings (SSSR count). The van der Waals surface area contributed by atoms with Crippen LogP contribution in [0.3, 0.4) is 0 Å². The Balaban J connectivity index is 1.46. The molecule has 6 heteroatoms. The molecule has 1 aliphatic heterocycles. The third kappa shape index (κ3) is 4.79. The number of carbonyl (C=O) groups excluding carboxylic acids is 1. The average Bonchev–Trinajstić information content (AvgIpc) is 3.37. The lowest BCUT2D eigenvalue weighted by Crippen LogP contribution is -2.23. The van der Waals surface area contributed by atoms with Gasteiger partial charge in [-0.1, -0.05) is 12.1 Å². The van der Waals surface area contributed by atoms with Gasteiger partial charge in [-0.15, -0.1) is 0 Å². The quantitative estimate of drug-likeness (QED) is 0.621. The molecule has 1 aromatic heterocycles. The molecule has 1 fully saturated rings. The fourth-order valence-electron chi connectivity index (χ4n) is 3.83. The van der Waals surface area contributed by atoms with Crippen molar-refractivity contribution in [1.82, 2.24) is 10.3 Å². The Labute approximate surface area is 182 Å². The summed E-state index contributed by atoms with van der Waals surface area (Å²) in [5, 5.41) is 2.97. The van der Waals surface area contributed by atoms with Crippen LogP contribution in [0, 0.1) is 0 Å². The van der Waals surface area contributed by atoms with Gasteiger partial charge in [0, 0.05) is 42.5 Å². The van der Waals surface area contributed by atoms with Gasteiger partial charge in [0.1, 0.15) is 17.3 Å². The Morgan fingerprint density at radius 3 is 2.55 bits per heavy atom. The van der Waals surface area contributed by atoms with Gasteiger partial charge in [-0.3, -0.25) is 4.79 Å². The highest BCUT2D eigenvalue weighted by molar-refractivity contribution is 5.95. The second kappa shape index (κ2) is 9.51. The average molecular weight is 418 g/mol. The Hall–Kier alpha value is -3.54. The molecule has 0 spiro atoms. The minimum Gasteiger partial charge on any atom is -0.497 e. The lowest BCUT2D eigenvalue weighted by molar-refractivity contribution is 0.0950. The molecule has 0 aliphatic carbocycles. The number of methoxy groups -OCH3 is 2. The zero-order valence-corrected chi connectivity index (χ0v) is 17.9. The first kappa shape index (κ1) is 20.7. The van der Waals surface area contributed by atoms with E-state index in [1.165, 1.54) is 12.8 Å². The molecule has 1 N–H and O–H groups in total. The van der Waals surface area contributed by atoms with E-state index in [0.29, 0.717) is 17.9 Å². The number of nitrogens with one attached hydrogen (secondary N) is 1. The van der Waals surface area contributed by atoms with E-state index in [1.807, 2.05) is 48.7 Å². The Kier molecular flexibility index (Phi) is 6.36. The number of amides is 1. The molecule has 2 aromatic carbocycles. The zero-order valence-electron chi connectivity index (χ0n) is 17.9. The molecular weight excluding hydrogens is 390 g/mol. The number of anilines is 1. The van der Waals surface area contributed by atoms with E-state index in [0.717, 1.165) is 41.3 Å². The molecular formula is C25H27N3O3. The van der Waals surface area contributed by atoms with E-state index >= 15 is 0 Å². The van der Waals surface area contributed by atoms with Crippen LogP contribution < -0.4 is 19.7 Å². The van der Waals surface area contributed by atoms with Gasteiger partial charge in [-0.25, -0.2) is 4.98 Å². The highest BCUT2D eigenvalue weighted by Crippen LogP contribution is 2.25. The maximum Gasteiger partial charge on any atom is 0.251 e. The molecule has 1 amide bonds. The minimum absolute atomic E-state index is 0.145. The van der Waals surface area contributed by atoms with Crippen LogP contribution in [0.4, 0.5) is 5.82 Å². The SMILES string of the molecule is COc1ccc(OC)c(CNC(=O)c2cccc(-c3ccc(N4CCCC4)nc3)c2)c1. The minimum atomic E-state index is -0.145. The molecule has 160 valence electrons. The van der Waals surface area contributed by atoms with E-state index in [-0.39, 0.29) is 5.91 Å². The van der Waals surface area contributed by atoms with Crippen LogP contribution in [0.15, 0.2) is 60.8 Å². The molecule has 0 radical (unpaired) electrons. The number of rotatable bonds is 7. The number of pyridine rings is 1. The van der Waals surface area contributed by atoms with Gasteiger partial charge in [0.25, 0.3) is 5.91 Å². The first-order valence-electron chi connectivity index (χ1n) is 10.5. The highest BCUT2D eigenvalue weighted by atomic mass is 16.5. The van der Waals surface area contributed by atoms with Gasteiger partial charge in [0.05, 0.1) is 14.2 Å². The maximum atomic E-state index is 12.8. The van der Waals surface area contributed by atoms with Crippen molar-refractivity contribution in [3.8, 4) is 22.6 Å². The van der Waals surface area contributed by atoms with Gasteiger partial charge in [-0.2, -0.15) is 0 Å². The fourth-order valence-corrected chi connectivity index (χ4v) is 3.83. The summed E-state index contributed by atoms with van der Waals surface area (Å²) in [4.78, 5) is 19.7. The van der Waals surface area contributed by atoms with Crippen LogP contribution in [-0.2, 0) is 6.54 Å². The van der Waals surface area contributed by atoms with Crippen molar-refractivity contribution in [1.29, 1.82) is 0 Å². The largest absolute Gasteiger partial charge is 0.497 e. The van der Waals surface area contributed by atoms with Gasteiger partial charge in [0.2, 0.25) is 0 Å². The molecule has 31 heavy (non-hydrogen) atoms. The van der Waals surface area contributed by atoms with Gasteiger partial charge in [0.15, 0.2) is 0 Å². The molecule has 0 bridgehead atoms. The summed E-state index contributed by atoms with van der Waals surface area (Å²) in [6.45, 7) is 2.48. The van der Waals surface area contributed by atoms with Gasteiger partial charge < -0.3 is 19.7 Å². The molecule has 6 nitrogen and oxygen atoms in total. The lowest BCUT2D eigenvalue weighted by Gasteiger charge is -2.16. The fraction of sp³-hybridized carbons (Fsp3) is 0.280. The van der Waals surface area contributed by atoms with E-state index in [1.54, 1.807) is 14.2 Å². The van der Waals surface area contributed by atoms with E-state index in [2.05, 4.69) is 27.3 Å². The number of hydrogen-bond acceptors (Lipinski definition) is 5. The number of benzene rings is 2. The second-order valence-electron chi connectivity index (χ2n) is 7.54. The predicted molar refractivity (Wildman–Crippen MR) is 122 cm³/mol. The van der Waals surface area contributed by atoms with E-state index in [9.17, 15) is 4.79 Å². The Bertz CT molecular complexity index is 1040. The lowest BCUT2D eigenvalue weighted by atomic mass is 10.0. The molecule has 1 saturated heterocycles. The zero-order chi connectivity index (χ0) is 21.6. The van der Waals surface area contributed by atoms with Crippen LogP contribution in [0.25, 0.3) is 11.1 Å². The van der Waals surface area contributed by atoms with Crippen molar-refractivity contribution in [3.05, 3.63) is 71.9 Å². The van der Waals surface area contributed by atoms with Crippen molar-refractivity contribution >= 4 is 11.7 Å². The smallest absolute Gasteiger partial charge is 0.251 e. The predicted octanol–water partition coefficient (Wildman–Crippen LogP) is 4.30. The highest BCUT2D eigenvalue weighted by Gasteiger charge is 2.14. The van der Waals surface area contributed by atoms with Crippen LogP contribution in [0.1, 0.15) is 28.8 Å². The van der Waals surface area contributed by atoms with Crippen molar-refractivity contribution in [3.63, 3.8) is 0 Å². The summed E-state index contributed by atoms with van der Waals surface area (Å²) in [5.74, 6) is 2.30. The number of hydrogen-bond donors (Lipinski definition) is 1. The number of nitrogens with zero attached hydrogens (tertiary/aromatic N) is 2. The van der Waals surface area contributed by atoms with Crippen LogP contribution >= 0.6 is 0 Å². The normalized spacial score (nSPS) is 13.2. The third-order valence-corrected chi connectivity index (χ3v) is 5.56. The van der Waals surface area contributed by atoms with Gasteiger partial charge >= 0.3 is 0 Å². The number of ether oxygens (including phenoxy) is 2. The van der Waals surface area contributed by atoms with E-state index < -0.39 is 0 Å². The van der Waals surface area contributed by atoms with Crippen molar-refractivity contribution in [2.24, 2.45) is 0 Å². The molecule has 1 aliphatic rings. The maximum absolute atomic E-state index is 12.8. The molecule has 0 atom stereocenters. The summed E-state index contributed by atoms with van der Waals surface area (Å²) in [6.07, 6.45) is 4.33. The molecule has 0 unspecified atom stereocenters. The third-order valence-electron chi connectivity index (χ3n) is 5.56. The molecule has 0 saturated carbocycles. The molecule has 2 heterocycles. The summed E-state index contributed by atoms with van der Waals surface area (Å²) in [7, 11) is 3.22. The standard InChI is InChI=1S/C25H27N3O3/c1-30-22-9-10-23(31-2)21(15-22)17-27-25(29)19-7-5-6-18(14-19)20-8-11-24(26-16-20)28-12-3-4-13-28/h5-11,14-16H,3-4,12-13,17H2,1-2H3,(H,27,29). The first-order chi connectivity index (χ1) is 15.2. The monoisotopic (exact) mass is 417 g/mol.